The Kier molecular flexibility index (Phi) is 10.5. The maximum atomic E-state index is 14.4. The van der Waals surface area contributed by atoms with Crippen molar-refractivity contribution in [3.8, 4) is 0 Å². The molecule has 1 aromatic carbocycles. The van der Waals surface area contributed by atoms with Crippen LogP contribution in [0.15, 0.2) is 64.1 Å². The van der Waals surface area contributed by atoms with E-state index in [4.69, 9.17) is 18.1 Å². The third-order valence-electron chi connectivity index (χ3n) is 7.49. The van der Waals surface area contributed by atoms with Crippen molar-refractivity contribution in [2.45, 2.75) is 97.1 Å². The van der Waals surface area contributed by atoms with Crippen LogP contribution in [0, 0.1) is 12.3 Å². The molecule has 1 aliphatic rings. The molecule has 9 heteroatoms. The Labute approximate surface area is 242 Å². The number of unbranched alkanes of at least 4 members (excludes halogenated alkanes) is 2. The molecule has 2 atom stereocenters. The van der Waals surface area contributed by atoms with Gasteiger partial charge in [-0.05, 0) is 0 Å². The summed E-state index contributed by atoms with van der Waals surface area (Å²) in [5.74, 6) is -0.0794. The molecule has 2 aromatic rings. The molecular weight excluding hydrogens is 641 g/mol. The molecule has 1 fully saturated rings. The van der Waals surface area contributed by atoms with E-state index in [1.807, 2.05) is 27.7 Å². The summed E-state index contributed by atoms with van der Waals surface area (Å²) in [6, 6.07) is 9.27. The van der Waals surface area contributed by atoms with E-state index in [-0.39, 0.29) is 11.4 Å². The number of esters is 1. The Morgan fingerprint density at radius 3 is 2.23 bits per heavy atom. The second-order valence-electron chi connectivity index (χ2n) is 11.9. The Bertz CT molecular complexity index is 1230. The number of rotatable bonds is 12. The molecule has 3 rings (SSSR count). The van der Waals surface area contributed by atoms with Crippen molar-refractivity contribution in [2.24, 2.45) is 5.41 Å². The number of benzene rings is 1. The number of carbonyl (C=O) groups is 1. The zero-order valence-corrected chi connectivity index (χ0v) is 28.7. The molecule has 0 bridgehead atoms. The monoisotopic (exact) mass is 685 g/mol. The third-order valence-corrected chi connectivity index (χ3v) is 23.3. The predicted octanol–water partition coefficient (Wildman–Crippen LogP) is 8.00. The minimum absolute atomic E-state index is 0.0127. The van der Waals surface area contributed by atoms with Crippen LogP contribution >= 0.6 is 8.92 Å². The molecule has 0 spiro atoms. The average molecular weight is 685 g/mol. The molecule has 0 aliphatic carbocycles. The van der Waals surface area contributed by atoms with Gasteiger partial charge in [-0.1, -0.05) is 0 Å². The van der Waals surface area contributed by atoms with Crippen molar-refractivity contribution in [3.63, 3.8) is 0 Å². The Morgan fingerprint density at radius 1 is 1.15 bits per heavy atom. The van der Waals surface area contributed by atoms with Crippen LogP contribution in [-0.2, 0) is 19.6 Å². The summed E-state index contributed by atoms with van der Waals surface area (Å²) in [6.07, 6.45) is 5.49. The molecule has 0 radical (unpaired) electrons. The zero-order valence-electron chi connectivity index (χ0n) is 24.3. The van der Waals surface area contributed by atoms with Crippen LogP contribution < -0.4 is 0 Å². The minimum atomic E-state index is -4.02. The molecule has 0 amide bonds. The van der Waals surface area contributed by atoms with Crippen LogP contribution in [0.4, 0.5) is 0 Å². The summed E-state index contributed by atoms with van der Waals surface area (Å²) in [5, 5.41) is 0. The normalized spacial score (nSPS) is 20.9. The number of sulfonamides is 1. The number of carbonyl (C=O) groups excluding carboxylic acids is 1. The molecule has 0 saturated carbocycles. The van der Waals surface area contributed by atoms with E-state index < -0.39 is 50.3 Å². The van der Waals surface area contributed by atoms with Crippen LogP contribution in [0.3, 0.4) is 0 Å². The summed E-state index contributed by atoms with van der Waals surface area (Å²) in [7, 11) is 3.62. The van der Waals surface area contributed by atoms with Crippen LogP contribution in [-0.4, -0.2) is 48.1 Å². The van der Waals surface area contributed by atoms with Gasteiger partial charge in [0, 0.05) is 0 Å². The summed E-state index contributed by atoms with van der Waals surface area (Å²) in [4.78, 5) is 14.6. The molecular formula is C30H44ClNO5SSn. The molecule has 1 aliphatic heterocycles. The Balaban J connectivity index is 2.26. The Hall–Kier alpha value is -1.29. The van der Waals surface area contributed by atoms with Gasteiger partial charge >= 0.3 is 244 Å². The second kappa shape index (κ2) is 12.7. The van der Waals surface area contributed by atoms with Crippen LogP contribution in [0.2, 0.25) is 13.3 Å². The average Bonchev–Trinajstić information content (AvgIpc) is 3.48. The summed E-state index contributed by atoms with van der Waals surface area (Å²) in [6.45, 7) is 16.0. The van der Waals surface area contributed by atoms with Gasteiger partial charge in [0.25, 0.3) is 0 Å². The van der Waals surface area contributed by atoms with Crippen molar-refractivity contribution in [2.75, 3.05) is 6.54 Å². The van der Waals surface area contributed by atoms with E-state index in [9.17, 15) is 13.2 Å². The van der Waals surface area contributed by atoms with Gasteiger partial charge in [0.15, 0.2) is 0 Å². The van der Waals surface area contributed by atoms with Crippen LogP contribution in [0.5, 0.6) is 0 Å². The number of furan rings is 1. The molecule has 0 N–H and O–H groups in total. The van der Waals surface area contributed by atoms with Crippen molar-refractivity contribution in [1.82, 2.24) is 4.31 Å². The van der Waals surface area contributed by atoms with Crippen molar-refractivity contribution < 1.29 is 22.4 Å². The quantitative estimate of drug-likeness (QED) is 0.129. The van der Waals surface area contributed by atoms with Crippen LogP contribution in [0.25, 0.3) is 0 Å². The number of hydrogen-bond donors (Lipinski definition) is 0. The van der Waals surface area contributed by atoms with Gasteiger partial charge in [-0.2, -0.15) is 0 Å². The molecule has 216 valence electrons. The van der Waals surface area contributed by atoms with E-state index >= 15 is 0 Å². The first-order valence-electron chi connectivity index (χ1n) is 13.9. The van der Waals surface area contributed by atoms with Gasteiger partial charge < -0.3 is 0 Å². The molecule has 39 heavy (non-hydrogen) atoms. The fraction of sp³-hybridized carbons (Fsp3) is 0.567. The van der Waals surface area contributed by atoms with Crippen molar-refractivity contribution in [1.29, 1.82) is 0 Å². The van der Waals surface area contributed by atoms with Crippen molar-refractivity contribution in [3.05, 3.63) is 66.1 Å². The van der Waals surface area contributed by atoms with Gasteiger partial charge in [0.1, 0.15) is 0 Å². The zero-order chi connectivity index (χ0) is 29.1. The molecule has 2 heterocycles. The van der Waals surface area contributed by atoms with E-state index in [2.05, 4.69) is 20.4 Å². The fourth-order valence-electron chi connectivity index (χ4n) is 5.47. The summed E-state index contributed by atoms with van der Waals surface area (Å²) >= 11 is -3.53. The van der Waals surface area contributed by atoms with Gasteiger partial charge in [-0.15, -0.1) is 0 Å². The van der Waals surface area contributed by atoms with Gasteiger partial charge in [-0.25, -0.2) is 0 Å². The fourth-order valence-corrected chi connectivity index (χ4v) is 22.2. The predicted molar refractivity (Wildman–Crippen MR) is 160 cm³/mol. The first-order valence-corrected chi connectivity index (χ1v) is 25.0. The van der Waals surface area contributed by atoms with E-state index in [0.717, 1.165) is 40.1 Å². The standard InChI is InChI=1S/C22H26NO5S.2C4H9.ClH.Sn/c1-15-9-11-17(12-10-15)29(25,26)23-14-16(2)22(6,20(24)28-21(3,4)5)19(23)18-8-7-13-27-18;2*1-3-4-2;;/h7-13,19H,2,6,14H2,1,3-5H3;2*1,3-4H2,2H3;1H;/q;;;;+1/p-1/t19-,22+;;;;/m0..../s1. The topological polar surface area (TPSA) is 76.8 Å². The van der Waals surface area contributed by atoms with E-state index in [1.165, 1.54) is 10.6 Å². The number of aryl methyl sites for hydroxylation is 1. The summed E-state index contributed by atoms with van der Waals surface area (Å²) < 4.78 is 43.9. The molecule has 6 nitrogen and oxygen atoms in total. The molecule has 0 unspecified atom stereocenters. The first kappa shape index (κ1) is 32.2. The first-order chi connectivity index (χ1) is 18.2. The summed E-state index contributed by atoms with van der Waals surface area (Å²) in [5.41, 5.74) is -0.650. The van der Waals surface area contributed by atoms with Gasteiger partial charge in [0.2, 0.25) is 0 Å². The SMILES string of the molecule is C=C1CN(S(=O)(=O)c2ccc(C)cc2)[C@@H](c2ccco2)[C@]1([CH2][Sn]([Cl])([CH2]CCC)[CH2]CCC)C(=O)OC(C)(C)C. The second-order valence-corrected chi connectivity index (χ2v) is 29.6. The third kappa shape index (κ3) is 7.14. The Morgan fingerprint density at radius 2 is 1.74 bits per heavy atom. The number of nitrogens with zero attached hydrogens (tertiary/aromatic N) is 1. The van der Waals surface area contributed by atoms with Crippen molar-refractivity contribution >= 4 is 42.2 Å². The number of ether oxygens (including phenoxy) is 1. The molecule has 1 aromatic heterocycles. The molecule has 1 saturated heterocycles. The van der Waals surface area contributed by atoms with Gasteiger partial charge in [0.05, 0.1) is 0 Å². The van der Waals surface area contributed by atoms with E-state index in [1.54, 1.807) is 36.4 Å². The van der Waals surface area contributed by atoms with Gasteiger partial charge in [-0.3, -0.25) is 0 Å². The maximum absolute atomic E-state index is 14.4. The van der Waals surface area contributed by atoms with Crippen LogP contribution in [0.1, 0.15) is 77.7 Å². The number of halogens is 1. The van der Waals surface area contributed by atoms with E-state index in [0.29, 0.717) is 15.8 Å². The number of hydrogen-bond acceptors (Lipinski definition) is 5.